The van der Waals surface area contributed by atoms with Gasteiger partial charge >= 0.3 is 0 Å². The number of primary amides is 1. The summed E-state index contributed by atoms with van der Waals surface area (Å²) in [5.41, 5.74) is 4.95. The van der Waals surface area contributed by atoms with Crippen LogP contribution in [0.25, 0.3) is 0 Å². The molecule has 0 aromatic heterocycles. The van der Waals surface area contributed by atoms with Gasteiger partial charge in [-0.3, -0.25) is 28.8 Å². The fourth-order valence-corrected chi connectivity index (χ4v) is 8.20. The minimum absolute atomic E-state index is 0.0943. The Morgan fingerprint density at radius 2 is 1.48 bits per heavy atom. The third-order valence-corrected chi connectivity index (χ3v) is 10.8. The Kier molecular flexibility index (Phi) is 9.68. The first-order chi connectivity index (χ1) is 25.0. The number of nitrogens with two attached hydrogens (primary N) is 1. The third-order valence-electron chi connectivity index (χ3n) is 10.6. The maximum Gasteiger partial charge on any atom is 0.255 e. The van der Waals surface area contributed by atoms with E-state index in [-0.39, 0.29) is 50.3 Å². The van der Waals surface area contributed by atoms with Gasteiger partial charge in [0.15, 0.2) is 11.6 Å². The number of nitrogens with zero attached hydrogens (tertiary/aromatic N) is 3. The summed E-state index contributed by atoms with van der Waals surface area (Å²) in [7, 11) is 0. The normalized spacial score (nSPS) is 24.8. The summed E-state index contributed by atoms with van der Waals surface area (Å²) in [4.78, 5) is 88.5. The monoisotopic (exact) mass is 730 g/mol. The van der Waals surface area contributed by atoms with Crippen molar-refractivity contribution in [2.24, 2.45) is 5.73 Å². The predicted octanol–water partition coefficient (Wildman–Crippen LogP) is 2.14. The highest BCUT2D eigenvalue weighted by Crippen LogP contribution is 2.39. The van der Waals surface area contributed by atoms with Crippen molar-refractivity contribution in [1.82, 2.24) is 14.7 Å². The molecule has 4 amide bonds. The molecule has 7 rings (SSSR count). The molecule has 4 fully saturated rings. The predicted molar refractivity (Wildman–Crippen MR) is 183 cm³/mol. The number of carbonyl (C=O) groups is 6. The molecule has 14 heteroatoms. The molecule has 2 N–H and O–H groups in total. The summed E-state index contributed by atoms with van der Waals surface area (Å²) in [6.07, 6.45) is -1.31. The summed E-state index contributed by atoms with van der Waals surface area (Å²) in [5.74, 6) is -4.66. The Labute approximate surface area is 303 Å². The molecule has 0 bridgehead atoms. The van der Waals surface area contributed by atoms with Gasteiger partial charge in [0.2, 0.25) is 17.4 Å². The largest absolute Gasteiger partial charge is 0.368 e. The van der Waals surface area contributed by atoms with E-state index in [0.717, 1.165) is 4.90 Å². The van der Waals surface area contributed by atoms with E-state index in [1.807, 2.05) is 0 Å². The van der Waals surface area contributed by atoms with Gasteiger partial charge in [0.1, 0.15) is 37.2 Å². The molecule has 4 aliphatic heterocycles. The number of rotatable bonds is 10. The van der Waals surface area contributed by atoms with E-state index in [1.165, 1.54) is 34.1 Å². The fraction of sp³-hybridized carbons (Fsp3) is 0.368. The average Bonchev–Trinajstić information content (AvgIpc) is 3.92. The third kappa shape index (κ3) is 6.16. The molecule has 3 aromatic carbocycles. The average molecular weight is 731 g/mol. The SMILES string of the molecule is NC(=O)C12C(=O)COC1CCN2C(=O)C(Cc1ccc(F)cc1)N(C(=O)c1ccccc1)C(Cc1ccc(Cl)cc1)C(=O)N1CCC2OCC(=O)C21. The van der Waals surface area contributed by atoms with Crippen LogP contribution in [0.4, 0.5) is 4.39 Å². The first-order valence-electron chi connectivity index (χ1n) is 17.1. The molecule has 4 saturated heterocycles. The lowest BCUT2D eigenvalue weighted by atomic mass is 9.88. The standard InChI is InChI=1S/C38H36ClFN4O8/c39-25-10-6-22(7-11-25)18-27(35(48)42-16-14-30-33(42)29(45)20-51-30)44(34(47)24-4-2-1-3-5-24)28(19-23-8-12-26(40)13-9-23)36(49)43-17-15-32-38(43,37(41)50)31(46)21-52-32/h1-13,27-28,30,32-33H,14-21H2,(H2,41,50). The minimum Gasteiger partial charge on any atom is -0.368 e. The smallest absolute Gasteiger partial charge is 0.255 e. The highest BCUT2D eigenvalue weighted by atomic mass is 35.5. The number of hydrogen-bond acceptors (Lipinski definition) is 8. The van der Waals surface area contributed by atoms with E-state index in [0.29, 0.717) is 22.6 Å². The molecule has 3 aromatic rings. The topological polar surface area (TPSA) is 157 Å². The summed E-state index contributed by atoms with van der Waals surface area (Å²) >= 11 is 6.20. The van der Waals surface area contributed by atoms with Gasteiger partial charge in [0.25, 0.3) is 11.8 Å². The van der Waals surface area contributed by atoms with Crippen LogP contribution in [0.2, 0.25) is 5.02 Å². The molecular formula is C38H36ClFN4O8. The number of ketones is 2. The Hall–Kier alpha value is -4.98. The Morgan fingerprint density at radius 1 is 0.846 bits per heavy atom. The molecule has 0 radical (unpaired) electrons. The Morgan fingerprint density at radius 3 is 2.13 bits per heavy atom. The quantitative estimate of drug-likeness (QED) is 0.311. The van der Waals surface area contributed by atoms with Gasteiger partial charge in [-0.05, 0) is 60.4 Å². The number of Topliss-reactive ketones (excluding diaryl/α,β-unsaturated/α-hetero) is 2. The second-order valence-electron chi connectivity index (χ2n) is 13.5. The lowest BCUT2D eigenvalue weighted by molar-refractivity contribution is -0.154. The summed E-state index contributed by atoms with van der Waals surface area (Å²) in [5, 5.41) is 0.438. The van der Waals surface area contributed by atoms with Gasteiger partial charge in [-0.15, -0.1) is 0 Å². The van der Waals surface area contributed by atoms with E-state index >= 15 is 9.59 Å². The van der Waals surface area contributed by atoms with E-state index in [9.17, 15) is 23.6 Å². The second-order valence-corrected chi connectivity index (χ2v) is 13.9. The molecule has 4 aliphatic rings. The van der Waals surface area contributed by atoms with Crippen LogP contribution >= 0.6 is 11.6 Å². The van der Waals surface area contributed by atoms with E-state index < -0.39 is 77.7 Å². The van der Waals surface area contributed by atoms with Crippen molar-refractivity contribution in [2.75, 3.05) is 26.3 Å². The number of halogens is 2. The second kappa shape index (κ2) is 14.2. The Balaban J connectivity index is 1.40. The van der Waals surface area contributed by atoms with Gasteiger partial charge < -0.3 is 29.9 Å². The van der Waals surface area contributed by atoms with Crippen LogP contribution < -0.4 is 5.73 Å². The zero-order chi connectivity index (χ0) is 36.7. The van der Waals surface area contributed by atoms with Crippen molar-refractivity contribution in [3.8, 4) is 0 Å². The molecule has 12 nitrogen and oxygen atoms in total. The number of carbonyl (C=O) groups excluding carboxylic acids is 6. The zero-order valence-corrected chi connectivity index (χ0v) is 28.7. The van der Waals surface area contributed by atoms with Crippen LogP contribution in [-0.4, -0.2) is 112 Å². The molecule has 6 atom stereocenters. The number of amides is 4. The highest BCUT2D eigenvalue weighted by Gasteiger charge is 2.65. The maximum atomic E-state index is 15.2. The number of hydrogen-bond donors (Lipinski definition) is 1. The van der Waals surface area contributed by atoms with E-state index in [1.54, 1.807) is 54.6 Å². The maximum absolute atomic E-state index is 15.2. The Bertz CT molecular complexity index is 1910. The van der Waals surface area contributed by atoms with Crippen LogP contribution in [0.1, 0.15) is 34.3 Å². The molecule has 270 valence electrons. The molecule has 0 spiro atoms. The summed E-state index contributed by atoms with van der Waals surface area (Å²) < 4.78 is 25.4. The van der Waals surface area contributed by atoms with Crippen LogP contribution in [-0.2, 0) is 46.3 Å². The van der Waals surface area contributed by atoms with Gasteiger partial charge in [-0.25, -0.2) is 4.39 Å². The zero-order valence-electron chi connectivity index (χ0n) is 28.0. The summed E-state index contributed by atoms with van der Waals surface area (Å²) in [6, 6.07) is 16.3. The van der Waals surface area contributed by atoms with Crippen LogP contribution in [0.5, 0.6) is 0 Å². The lowest BCUT2D eigenvalue weighted by Gasteiger charge is -2.42. The van der Waals surface area contributed by atoms with Crippen molar-refractivity contribution >= 4 is 46.8 Å². The van der Waals surface area contributed by atoms with Gasteiger partial charge in [-0.2, -0.15) is 0 Å². The number of benzene rings is 3. The van der Waals surface area contributed by atoms with Crippen LogP contribution in [0.15, 0.2) is 78.9 Å². The molecule has 0 saturated carbocycles. The minimum atomic E-state index is -2.12. The lowest BCUT2D eigenvalue weighted by Crippen LogP contribution is -2.68. The molecule has 52 heavy (non-hydrogen) atoms. The van der Waals surface area contributed by atoms with Crippen LogP contribution in [0.3, 0.4) is 0 Å². The summed E-state index contributed by atoms with van der Waals surface area (Å²) in [6.45, 7) is -0.507. The van der Waals surface area contributed by atoms with Gasteiger partial charge in [0, 0.05) is 36.5 Å². The van der Waals surface area contributed by atoms with Gasteiger partial charge in [0.05, 0.1) is 12.2 Å². The van der Waals surface area contributed by atoms with Crippen molar-refractivity contribution in [2.45, 2.75) is 61.6 Å². The first kappa shape index (κ1) is 35.4. The number of ether oxygens (including phenoxy) is 2. The molecule has 6 unspecified atom stereocenters. The first-order valence-corrected chi connectivity index (χ1v) is 17.5. The van der Waals surface area contributed by atoms with E-state index in [4.69, 9.17) is 26.8 Å². The number of fused-ring (bicyclic) bond motifs is 2. The van der Waals surface area contributed by atoms with E-state index in [2.05, 4.69) is 0 Å². The van der Waals surface area contributed by atoms with Crippen molar-refractivity contribution < 1.29 is 42.6 Å². The van der Waals surface area contributed by atoms with Crippen LogP contribution in [0, 0.1) is 5.82 Å². The molecule has 4 heterocycles. The highest BCUT2D eigenvalue weighted by molar-refractivity contribution is 6.30. The van der Waals surface area contributed by atoms with Crippen molar-refractivity contribution in [3.63, 3.8) is 0 Å². The van der Waals surface area contributed by atoms with Gasteiger partial charge in [-0.1, -0.05) is 54.1 Å². The molecule has 0 aliphatic carbocycles. The molecular weight excluding hydrogens is 695 g/mol. The fourth-order valence-electron chi connectivity index (χ4n) is 8.08. The number of likely N-dealkylation sites (tertiary alicyclic amines) is 2. The van der Waals surface area contributed by atoms with Crippen molar-refractivity contribution in [1.29, 1.82) is 0 Å². The van der Waals surface area contributed by atoms with Crippen molar-refractivity contribution in [3.05, 3.63) is 106 Å².